The van der Waals surface area contributed by atoms with E-state index in [1.54, 1.807) is 0 Å². The highest BCUT2D eigenvalue weighted by Gasteiger charge is 2.07. The van der Waals surface area contributed by atoms with Crippen LogP contribution in [0.2, 0.25) is 0 Å². The van der Waals surface area contributed by atoms with E-state index in [0.717, 1.165) is 5.92 Å². The molecule has 0 unspecified atom stereocenters. The van der Waals surface area contributed by atoms with Gasteiger partial charge in [-0.05, 0) is 5.92 Å². The lowest BCUT2D eigenvalue weighted by Crippen LogP contribution is -1.78. The average Bonchev–Trinajstić information content (AvgIpc) is 2.60. The molecule has 0 radical (unpaired) electrons. The van der Waals surface area contributed by atoms with E-state index in [1.165, 1.54) is 38.5 Å². The first kappa shape index (κ1) is 18.7. The molecule has 1 rings (SSSR count). The van der Waals surface area contributed by atoms with Crippen LogP contribution in [-0.4, -0.2) is 0 Å². The van der Waals surface area contributed by atoms with Crippen LogP contribution in [0.3, 0.4) is 0 Å². The highest BCUT2D eigenvalue weighted by Crippen LogP contribution is 2.22. The number of hydrogen-bond acceptors (Lipinski definition) is 0. The second-order valence-electron chi connectivity index (χ2n) is 3.39. The zero-order chi connectivity index (χ0) is 9.82. The molecule has 0 aromatic rings. The molecule has 1 fully saturated rings. The Bertz CT molecular complexity index is 49.1. The predicted molar refractivity (Wildman–Crippen MR) is 66.3 cm³/mol. The fourth-order valence-corrected chi connectivity index (χ4v) is 1.13. The predicted octanol–water partition coefficient (Wildman–Crippen LogP) is 5.67. The molecule has 0 amide bonds. The van der Waals surface area contributed by atoms with Gasteiger partial charge in [-0.15, -0.1) is 0 Å². The van der Waals surface area contributed by atoms with Crippen LogP contribution in [0.25, 0.3) is 0 Å². The van der Waals surface area contributed by atoms with Crippen molar-refractivity contribution in [1.29, 1.82) is 0 Å². The fourth-order valence-electron chi connectivity index (χ4n) is 1.13. The van der Waals surface area contributed by atoms with Crippen molar-refractivity contribution in [1.82, 2.24) is 0 Å². The van der Waals surface area contributed by atoms with Crippen molar-refractivity contribution in [3.05, 3.63) is 0 Å². The Morgan fingerprint density at radius 2 is 1.23 bits per heavy atom. The Balaban J connectivity index is -0.000000128. The van der Waals surface area contributed by atoms with Crippen LogP contribution < -0.4 is 0 Å². The molecule has 1 aliphatic carbocycles. The molecule has 0 aromatic heterocycles. The molecule has 0 heterocycles. The lowest BCUT2D eigenvalue weighted by Gasteiger charge is -1.91. The lowest BCUT2D eigenvalue weighted by molar-refractivity contribution is 0.612. The van der Waals surface area contributed by atoms with Gasteiger partial charge in [0.15, 0.2) is 0 Å². The highest BCUT2D eigenvalue weighted by atomic mass is 14.1. The first-order valence-corrected chi connectivity index (χ1v) is 5.81. The van der Waals surface area contributed by atoms with Crippen molar-refractivity contribution in [2.24, 2.45) is 5.92 Å². The van der Waals surface area contributed by atoms with E-state index in [0.29, 0.717) is 0 Å². The van der Waals surface area contributed by atoms with Crippen LogP contribution in [0.4, 0.5) is 0 Å². The second-order valence-corrected chi connectivity index (χ2v) is 3.39. The summed E-state index contributed by atoms with van der Waals surface area (Å²) in [5.41, 5.74) is 0. The minimum Gasteiger partial charge on any atom is -0.0776 e. The molecule has 0 saturated heterocycles. The van der Waals surface area contributed by atoms with Gasteiger partial charge >= 0.3 is 0 Å². The van der Waals surface area contributed by atoms with Crippen molar-refractivity contribution < 1.29 is 0 Å². The van der Waals surface area contributed by atoms with Gasteiger partial charge < -0.3 is 0 Å². The molecule has 1 aliphatic rings. The normalized spacial score (nSPS) is 14.5. The van der Waals surface area contributed by atoms with Crippen molar-refractivity contribution in [3.63, 3.8) is 0 Å². The van der Waals surface area contributed by atoms with Gasteiger partial charge in [-0.3, -0.25) is 0 Å². The van der Waals surface area contributed by atoms with Gasteiger partial charge in [0, 0.05) is 0 Å². The number of hydrogen-bond donors (Lipinski definition) is 0. The second kappa shape index (κ2) is 17.9. The van der Waals surface area contributed by atoms with Gasteiger partial charge in [-0.1, -0.05) is 80.6 Å². The molecule has 0 spiro atoms. The molecule has 1 saturated carbocycles. The Labute approximate surface area is 87.1 Å². The van der Waals surface area contributed by atoms with Gasteiger partial charge in [-0.2, -0.15) is 0 Å². The van der Waals surface area contributed by atoms with E-state index in [4.69, 9.17) is 0 Å². The summed E-state index contributed by atoms with van der Waals surface area (Å²) in [6, 6.07) is 0. The third kappa shape index (κ3) is 18.8. The van der Waals surface area contributed by atoms with Gasteiger partial charge in [0.1, 0.15) is 0 Å². The molecule has 0 nitrogen and oxygen atoms in total. The molecule has 0 atom stereocenters. The molecular formula is C13H32. The summed E-state index contributed by atoms with van der Waals surface area (Å²) < 4.78 is 0. The summed E-state index contributed by atoms with van der Waals surface area (Å²) in [5, 5.41) is 0. The van der Waals surface area contributed by atoms with E-state index < -0.39 is 0 Å². The standard InChI is InChI=1S/C6H12.C4H10.C2H6.CH4/c1-6-4-2-3-5-6;1-3-4-2;1-2;/h6H,2-5H2,1H3;3-4H2,1-2H3;1-2H3;1H4. The van der Waals surface area contributed by atoms with Gasteiger partial charge in [0.25, 0.3) is 0 Å². The molecular weight excluding hydrogens is 156 g/mol. The molecule has 0 N–H and O–H groups in total. The molecule has 13 heavy (non-hydrogen) atoms. The van der Waals surface area contributed by atoms with E-state index >= 15 is 0 Å². The maximum Gasteiger partial charge on any atom is -0.0443 e. The SMILES string of the molecule is C.CC.CC1CCCC1.CCCC. The Hall–Kier alpha value is 0. The lowest BCUT2D eigenvalue weighted by atomic mass is 10.2. The minimum absolute atomic E-state index is 0. The topological polar surface area (TPSA) is 0 Å². The quantitative estimate of drug-likeness (QED) is 0.497. The van der Waals surface area contributed by atoms with E-state index in [2.05, 4.69) is 20.8 Å². The minimum atomic E-state index is 0. The third-order valence-electron chi connectivity index (χ3n) is 2.14. The molecule has 0 aromatic carbocycles. The molecule has 0 bridgehead atoms. The van der Waals surface area contributed by atoms with Gasteiger partial charge in [-0.25, -0.2) is 0 Å². The summed E-state index contributed by atoms with van der Waals surface area (Å²) in [5.74, 6) is 1.05. The van der Waals surface area contributed by atoms with E-state index in [1.807, 2.05) is 13.8 Å². The molecule has 0 aliphatic heterocycles. The molecule has 84 valence electrons. The zero-order valence-electron chi connectivity index (χ0n) is 9.82. The first-order valence-electron chi connectivity index (χ1n) is 5.81. The summed E-state index contributed by atoms with van der Waals surface area (Å²) in [4.78, 5) is 0. The van der Waals surface area contributed by atoms with Crippen molar-refractivity contribution in [3.8, 4) is 0 Å². The fraction of sp³-hybridized carbons (Fsp3) is 1.00. The number of unbranched alkanes of at least 4 members (excludes halogenated alkanes) is 1. The highest BCUT2D eigenvalue weighted by molar-refractivity contribution is 4.60. The van der Waals surface area contributed by atoms with Crippen LogP contribution in [0.5, 0.6) is 0 Å². The Morgan fingerprint density at radius 3 is 1.31 bits per heavy atom. The molecule has 0 heteroatoms. The monoisotopic (exact) mass is 188 g/mol. The van der Waals surface area contributed by atoms with Gasteiger partial charge in [0.2, 0.25) is 0 Å². The smallest absolute Gasteiger partial charge is 0.0443 e. The van der Waals surface area contributed by atoms with Crippen LogP contribution in [-0.2, 0) is 0 Å². The summed E-state index contributed by atoms with van der Waals surface area (Å²) in [6.07, 6.45) is 8.59. The van der Waals surface area contributed by atoms with Crippen molar-refractivity contribution >= 4 is 0 Å². The number of rotatable bonds is 1. The maximum absolute atomic E-state index is 2.34. The van der Waals surface area contributed by atoms with Crippen LogP contribution >= 0.6 is 0 Å². The Kier molecular flexibility index (Phi) is 25.8. The average molecular weight is 188 g/mol. The zero-order valence-corrected chi connectivity index (χ0v) is 9.82. The summed E-state index contributed by atoms with van der Waals surface area (Å²) in [6.45, 7) is 10.7. The largest absolute Gasteiger partial charge is 0.0776 e. The van der Waals surface area contributed by atoms with Crippen molar-refractivity contribution in [2.45, 2.75) is 80.6 Å². The van der Waals surface area contributed by atoms with E-state index in [9.17, 15) is 0 Å². The van der Waals surface area contributed by atoms with Crippen LogP contribution in [0, 0.1) is 5.92 Å². The summed E-state index contributed by atoms with van der Waals surface area (Å²) >= 11 is 0. The van der Waals surface area contributed by atoms with Gasteiger partial charge in [0.05, 0.1) is 0 Å². The third-order valence-corrected chi connectivity index (χ3v) is 2.14. The van der Waals surface area contributed by atoms with Crippen LogP contribution in [0.15, 0.2) is 0 Å². The van der Waals surface area contributed by atoms with Crippen LogP contribution in [0.1, 0.15) is 80.6 Å². The Morgan fingerprint density at radius 1 is 0.923 bits per heavy atom. The summed E-state index contributed by atoms with van der Waals surface area (Å²) in [7, 11) is 0. The maximum atomic E-state index is 2.34. The van der Waals surface area contributed by atoms with E-state index in [-0.39, 0.29) is 7.43 Å². The first-order chi connectivity index (χ1) is 5.81. The van der Waals surface area contributed by atoms with Crippen molar-refractivity contribution in [2.75, 3.05) is 0 Å².